The Hall–Kier alpha value is -2.58. The lowest BCUT2D eigenvalue weighted by molar-refractivity contribution is -0.0752. The van der Waals surface area contributed by atoms with Gasteiger partial charge in [0.1, 0.15) is 5.75 Å². The van der Waals surface area contributed by atoms with Crippen LogP contribution in [-0.4, -0.2) is 51.6 Å². The molecule has 1 heterocycles. The fourth-order valence-electron chi connectivity index (χ4n) is 4.18. The summed E-state index contributed by atoms with van der Waals surface area (Å²) in [6.45, 7) is 1.05. The molecule has 0 aromatic heterocycles. The van der Waals surface area contributed by atoms with E-state index in [0.717, 1.165) is 25.7 Å². The number of ether oxygens (including phenoxy) is 2. The summed E-state index contributed by atoms with van der Waals surface area (Å²) in [7, 11) is -2.28. The second-order valence-corrected chi connectivity index (χ2v) is 9.30. The van der Waals surface area contributed by atoms with Crippen molar-refractivity contribution in [3.8, 4) is 5.75 Å². The number of amides is 1. The maximum atomic E-state index is 13.2. The van der Waals surface area contributed by atoms with Crippen LogP contribution in [0.1, 0.15) is 36.0 Å². The standard InChI is InChI=1S/C22H26N2O5S/c1-28-18-11-9-17(10-12-18)23-30(26,27)19-6-4-5-16(15-19)22(25)24-13-14-29-21-8-3-2-7-20(21)24/h4-6,9-12,15,20-21,23H,2-3,7-8,13-14H2,1H3/t20-,21-/m1/s1. The number of rotatable bonds is 5. The minimum atomic E-state index is -3.83. The van der Waals surface area contributed by atoms with Crippen molar-refractivity contribution in [1.82, 2.24) is 4.90 Å². The van der Waals surface area contributed by atoms with Crippen LogP contribution in [0.2, 0.25) is 0 Å². The number of nitrogens with zero attached hydrogens (tertiary/aromatic N) is 1. The van der Waals surface area contributed by atoms with E-state index in [9.17, 15) is 13.2 Å². The van der Waals surface area contributed by atoms with Crippen LogP contribution in [0.5, 0.6) is 5.75 Å². The average molecular weight is 431 g/mol. The summed E-state index contributed by atoms with van der Waals surface area (Å²) >= 11 is 0. The SMILES string of the molecule is COc1ccc(NS(=O)(=O)c2cccc(C(=O)N3CCO[C@@H]4CCCC[C@H]43)c2)cc1. The van der Waals surface area contributed by atoms with Crippen LogP contribution in [0.15, 0.2) is 53.4 Å². The van der Waals surface area contributed by atoms with Crippen molar-refractivity contribution in [2.45, 2.75) is 42.7 Å². The molecule has 0 unspecified atom stereocenters. The summed E-state index contributed by atoms with van der Waals surface area (Å²) in [6, 6.07) is 12.9. The summed E-state index contributed by atoms with van der Waals surface area (Å²) in [5.41, 5.74) is 0.796. The normalized spacial score (nSPS) is 21.6. The van der Waals surface area contributed by atoms with Crippen LogP contribution in [0.25, 0.3) is 0 Å². The maximum Gasteiger partial charge on any atom is 0.261 e. The van der Waals surface area contributed by atoms with Crippen molar-refractivity contribution in [1.29, 1.82) is 0 Å². The molecule has 2 aromatic carbocycles. The number of carbonyl (C=O) groups is 1. The topological polar surface area (TPSA) is 84.9 Å². The third kappa shape index (κ3) is 4.29. The molecule has 0 radical (unpaired) electrons. The van der Waals surface area contributed by atoms with Crippen LogP contribution >= 0.6 is 0 Å². The number of benzene rings is 2. The zero-order valence-electron chi connectivity index (χ0n) is 16.9. The van der Waals surface area contributed by atoms with Crippen LogP contribution in [-0.2, 0) is 14.8 Å². The second-order valence-electron chi connectivity index (χ2n) is 7.62. The Morgan fingerprint density at radius 3 is 2.67 bits per heavy atom. The molecule has 2 atom stereocenters. The summed E-state index contributed by atoms with van der Waals surface area (Å²) in [4.78, 5) is 15.1. The molecule has 2 aliphatic rings. The highest BCUT2D eigenvalue weighted by Gasteiger charge is 2.37. The van der Waals surface area contributed by atoms with E-state index in [-0.39, 0.29) is 22.9 Å². The monoisotopic (exact) mass is 430 g/mol. The van der Waals surface area contributed by atoms with Crippen molar-refractivity contribution in [2.75, 3.05) is 25.0 Å². The molecule has 0 bridgehead atoms. The molecular formula is C22H26N2O5S. The van der Waals surface area contributed by atoms with E-state index in [4.69, 9.17) is 9.47 Å². The van der Waals surface area contributed by atoms with Crippen molar-refractivity contribution < 1.29 is 22.7 Å². The summed E-state index contributed by atoms with van der Waals surface area (Å²) in [5, 5.41) is 0. The molecule has 1 aliphatic carbocycles. The molecule has 1 N–H and O–H groups in total. The van der Waals surface area contributed by atoms with Crippen molar-refractivity contribution in [2.24, 2.45) is 0 Å². The number of anilines is 1. The van der Waals surface area contributed by atoms with Gasteiger partial charge in [-0.2, -0.15) is 0 Å². The third-order valence-electron chi connectivity index (χ3n) is 5.73. The lowest BCUT2D eigenvalue weighted by atomic mass is 9.89. The van der Waals surface area contributed by atoms with Crippen molar-refractivity contribution in [3.05, 3.63) is 54.1 Å². The predicted octanol–water partition coefficient (Wildman–Crippen LogP) is 3.28. The number of fused-ring (bicyclic) bond motifs is 1. The Kier molecular flexibility index (Phi) is 5.97. The molecule has 160 valence electrons. The fraction of sp³-hybridized carbons (Fsp3) is 0.409. The lowest BCUT2D eigenvalue weighted by Crippen LogP contribution is -2.54. The van der Waals surface area contributed by atoms with Gasteiger partial charge in [0.2, 0.25) is 0 Å². The molecule has 0 spiro atoms. The van der Waals surface area contributed by atoms with Gasteiger partial charge in [-0.3, -0.25) is 9.52 Å². The fourth-order valence-corrected chi connectivity index (χ4v) is 5.29. The Balaban J connectivity index is 1.54. The van der Waals surface area contributed by atoms with Gasteiger partial charge in [-0.25, -0.2) is 8.42 Å². The Morgan fingerprint density at radius 2 is 1.90 bits per heavy atom. The van der Waals surface area contributed by atoms with Crippen LogP contribution in [0, 0.1) is 0 Å². The van der Waals surface area contributed by atoms with Crippen LogP contribution < -0.4 is 9.46 Å². The number of hydrogen-bond acceptors (Lipinski definition) is 5. The van der Waals surface area contributed by atoms with E-state index in [1.807, 2.05) is 4.90 Å². The first kappa shape index (κ1) is 20.7. The molecule has 1 amide bonds. The molecule has 2 aromatic rings. The minimum absolute atomic E-state index is 0.0534. The van der Waals surface area contributed by atoms with Gasteiger partial charge < -0.3 is 14.4 Å². The summed E-state index contributed by atoms with van der Waals surface area (Å²) in [5.74, 6) is 0.494. The Bertz CT molecular complexity index is 1000. The molecule has 30 heavy (non-hydrogen) atoms. The zero-order valence-corrected chi connectivity index (χ0v) is 17.7. The summed E-state index contributed by atoms with van der Waals surface area (Å²) < 4.78 is 39.2. The number of nitrogens with one attached hydrogen (secondary N) is 1. The van der Waals surface area contributed by atoms with Gasteiger partial charge in [0, 0.05) is 17.8 Å². The van der Waals surface area contributed by atoms with E-state index in [1.54, 1.807) is 43.5 Å². The van der Waals surface area contributed by atoms with Crippen LogP contribution in [0.4, 0.5) is 5.69 Å². The molecule has 8 heteroatoms. The van der Waals surface area contributed by atoms with Gasteiger partial charge in [-0.1, -0.05) is 18.9 Å². The molecule has 4 rings (SSSR count). The molecule has 2 fully saturated rings. The first-order chi connectivity index (χ1) is 14.5. The highest BCUT2D eigenvalue weighted by atomic mass is 32.2. The largest absolute Gasteiger partial charge is 0.497 e. The van der Waals surface area contributed by atoms with Gasteiger partial charge in [-0.05, 0) is 55.3 Å². The van der Waals surface area contributed by atoms with Crippen molar-refractivity contribution in [3.63, 3.8) is 0 Å². The van der Waals surface area contributed by atoms with Gasteiger partial charge in [-0.15, -0.1) is 0 Å². The van der Waals surface area contributed by atoms with Gasteiger partial charge in [0.25, 0.3) is 15.9 Å². The minimum Gasteiger partial charge on any atom is -0.497 e. The van der Waals surface area contributed by atoms with Crippen molar-refractivity contribution >= 4 is 21.6 Å². The number of carbonyl (C=O) groups excluding carboxylic acids is 1. The number of sulfonamides is 1. The molecular weight excluding hydrogens is 404 g/mol. The van der Waals surface area contributed by atoms with E-state index in [1.165, 1.54) is 12.1 Å². The first-order valence-electron chi connectivity index (χ1n) is 10.2. The average Bonchev–Trinajstić information content (AvgIpc) is 2.78. The quantitative estimate of drug-likeness (QED) is 0.787. The second kappa shape index (κ2) is 8.65. The number of hydrogen-bond donors (Lipinski definition) is 1. The first-order valence-corrected chi connectivity index (χ1v) is 11.7. The third-order valence-corrected chi connectivity index (χ3v) is 7.11. The van der Waals surface area contributed by atoms with Crippen LogP contribution in [0.3, 0.4) is 0 Å². The number of methoxy groups -OCH3 is 1. The number of morpholine rings is 1. The lowest BCUT2D eigenvalue weighted by Gasteiger charge is -2.43. The van der Waals surface area contributed by atoms with E-state index >= 15 is 0 Å². The Labute approximate surface area is 177 Å². The molecule has 1 saturated carbocycles. The van der Waals surface area contributed by atoms with Gasteiger partial charge >= 0.3 is 0 Å². The Morgan fingerprint density at radius 1 is 1.13 bits per heavy atom. The van der Waals surface area contributed by atoms with E-state index < -0.39 is 10.0 Å². The van der Waals surface area contributed by atoms with Gasteiger partial charge in [0.15, 0.2) is 0 Å². The molecule has 1 aliphatic heterocycles. The smallest absolute Gasteiger partial charge is 0.261 e. The van der Waals surface area contributed by atoms with Gasteiger partial charge in [0.05, 0.1) is 30.8 Å². The summed E-state index contributed by atoms with van der Waals surface area (Å²) in [6.07, 6.45) is 4.17. The zero-order chi connectivity index (χ0) is 21.1. The predicted molar refractivity (Wildman–Crippen MR) is 113 cm³/mol. The van der Waals surface area contributed by atoms with E-state index in [0.29, 0.717) is 30.2 Å². The highest BCUT2D eigenvalue weighted by Crippen LogP contribution is 2.30. The molecule has 7 nitrogen and oxygen atoms in total. The highest BCUT2D eigenvalue weighted by molar-refractivity contribution is 7.92. The molecule has 1 saturated heterocycles. The van der Waals surface area contributed by atoms with E-state index in [2.05, 4.69) is 4.72 Å². The maximum absolute atomic E-state index is 13.2.